The molecule has 0 atom stereocenters. The molecule has 3 rings (SSSR count). The first-order valence-corrected chi connectivity index (χ1v) is 9.06. The maximum atomic E-state index is 11.1. The molecule has 0 radical (unpaired) electrons. The summed E-state index contributed by atoms with van der Waals surface area (Å²) in [6.07, 6.45) is 11.1. The van der Waals surface area contributed by atoms with E-state index >= 15 is 0 Å². The number of nitrogens with zero attached hydrogens (tertiary/aromatic N) is 6. The minimum atomic E-state index is -0.144. The van der Waals surface area contributed by atoms with E-state index in [-0.39, 0.29) is 13.2 Å². The number of hydrogen-bond acceptors (Lipinski definition) is 6. The number of aliphatic hydroxyl groups is 1. The van der Waals surface area contributed by atoms with Gasteiger partial charge < -0.3 is 10.0 Å². The van der Waals surface area contributed by atoms with Gasteiger partial charge >= 0.3 is 0 Å². The molecule has 1 N–H and O–H groups in total. The lowest BCUT2D eigenvalue weighted by Gasteiger charge is -2.11. The summed E-state index contributed by atoms with van der Waals surface area (Å²) in [6, 6.07) is 7.63. The normalized spacial score (nSPS) is 11.4. The van der Waals surface area contributed by atoms with Gasteiger partial charge in [0, 0.05) is 31.5 Å². The molecule has 0 bridgehead atoms. The Balaban J connectivity index is 2.02. The molecule has 0 unspecified atom stereocenters. The maximum absolute atomic E-state index is 11.1. The fraction of sp³-hybridized carbons (Fsp3) is 0.190. The van der Waals surface area contributed by atoms with Crippen LogP contribution in [0.3, 0.4) is 0 Å². The number of aliphatic hydroxyl groups excluding tert-OH is 1. The van der Waals surface area contributed by atoms with Crippen molar-refractivity contribution in [3.8, 4) is 11.3 Å². The predicted octanol–water partition coefficient (Wildman–Crippen LogP) is 2.47. The average Bonchev–Trinajstić information content (AvgIpc) is 3.17. The Labute approximate surface area is 168 Å². The van der Waals surface area contributed by atoms with Crippen molar-refractivity contribution in [3.63, 3.8) is 0 Å². The van der Waals surface area contributed by atoms with Crippen molar-refractivity contribution in [3.05, 3.63) is 59.8 Å². The van der Waals surface area contributed by atoms with Gasteiger partial charge in [0.25, 0.3) is 0 Å². The van der Waals surface area contributed by atoms with Crippen molar-refractivity contribution >= 4 is 30.6 Å². The topological polar surface area (TPSA) is 96.5 Å². The van der Waals surface area contributed by atoms with Gasteiger partial charge in [0.15, 0.2) is 0 Å². The van der Waals surface area contributed by atoms with Crippen LogP contribution < -0.4 is 0 Å². The van der Waals surface area contributed by atoms with E-state index in [9.17, 15) is 4.79 Å². The van der Waals surface area contributed by atoms with Crippen LogP contribution in [0.5, 0.6) is 0 Å². The minimum absolute atomic E-state index is 0.144. The lowest BCUT2D eigenvalue weighted by atomic mass is 10.1. The van der Waals surface area contributed by atoms with Crippen LogP contribution in [0, 0.1) is 6.92 Å². The summed E-state index contributed by atoms with van der Waals surface area (Å²) >= 11 is 0. The van der Waals surface area contributed by atoms with Gasteiger partial charge in [0.05, 0.1) is 36.2 Å². The summed E-state index contributed by atoms with van der Waals surface area (Å²) in [7, 11) is 1.83. The zero-order valence-electron chi connectivity index (χ0n) is 16.3. The van der Waals surface area contributed by atoms with E-state index in [0.717, 1.165) is 22.5 Å². The average molecular weight is 390 g/mol. The molecule has 3 aromatic heterocycles. The van der Waals surface area contributed by atoms with Crippen LogP contribution in [0.25, 0.3) is 23.4 Å². The minimum Gasteiger partial charge on any atom is -0.395 e. The molecule has 0 fully saturated rings. The highest BCUT2D eigenvalue weighted by Gasteiger charge is 2.13. The maximum Gasteiger partial charge on any atom is 0.214 e. The van der Waals surface area contributed by atoms with Crippen LogP contribution >= 0.6 is 0 Å². The number of pyridine rings is 2. The Morgan fingerprint density at radius 3 is 2.76 bits per heavy atom. The lowest BCUT2D eigenvalue weighted by Crippen LogP contribution is -2.23. The number of amides is 1. The number of carbonyl (C=O) groups is 1. The second-order valence-electron chi connectivity index (χ2n) is 6.36. The second-order valence-corrected chi connectivity index (χ2v) is 6.36. The van der Waals surface area contributed by atoms with Gasteiger partial charge in [0.1, 0.15) is 5.69 Å². The Bertz CT molecular complexity index is 1030. The molecule has 148 valence electrons. The number of aryl methyl sites for hydroxylation is 2. The number of aliphatic imine (C=N–C) groups is 1. The third-order valence-electron chi connectivity index (χ3n) is 4.12. The smallest absolute Gasteiger partial charge is 0.214 e. The molecule has 0 aliphatic heterocycles. The highest BCUT2D eigenvalue weighted by Crippen LogP contribution is 2.32. The largest absolute Gasteiger partial charge is 0.395 e. The van der Waals surface area contributed by atoms with Crippen molar-refractivity contribution in [2.75, 3.05) is 13.2 Å². The highest BCUT2D eigenvalue weighted by molar-refractivity contribution is 5.82. The standard InChI is InChI=1S/C21H22N6O2/c1-16-11-19(7-6-18-5-3-4-8-22-18)25-21(17-12-24-26(2)13-17)20(16)23-14-27(15-29)9-10-28/h3-8,11-15,28H,9-10H2,1-2H3/b7-6+,23-14?. The molecular weight excluding hydrogens is 368 g/mol. The van der Waals surface area contributed by atoms with Crippen molar-refractivity contribution in [1.29, 1.82) is 0 Å². The summed E-state index contributed by atoms with van der Waals surface area (Å²) in [5.74, 6) is 0. The molecule has 0 aliphatic rings. The molecule has 3 aromatic rings. The zero-order valence-corrected chi connectivity index (χ0v) is 16.3. The molecule has 29 heavy (non-hydrogen) atoms. The summed E-state index contributed by atoms with van der Waals surface area (Å²) < 4.78 is 1.69. The third-order valence-corrected chi connectivity index (χ3v) is 4.12. The first-order chi connectivity index (χ1) is 14.1. The Kier molecular flexibility index (Phi) is 6.59. The van der Waals surface area contributed by atoms with Crippen molar-refractivity contribution in [2.45, 2.75) is 6.92 Å². The van der Waals surface area contributed by atoms with Crippen molar-refractivity contribution < 1.29 is 9.90 Å². The fourth-order valence-corrected chi connectivity index (χ4v) is 2.71. The van der Waals surface area contributed by atoms with E-state index in [4.69, 9.17) is 10.1 Å². The second kappa shape index (κ2) is 9.52. The first-order valence-electron chi connectivity index (χ1n) is 9.06. The molecule has 1 amide bonds. The quantitative estimate of drug-likeness (QED) is 0.362. The molecule has 0 spiro atoms. The number of carbonyl (C=O) groups excluding carboxylic acids is 1. The van der Waals surface area contributed by atoms with Crippen LogP contribution in [-0.2, 0) is 11.8 Å². The third kappa shape index (κ3) is 5.20. The fourth-order valence-electron chi connectivity index (χ4n) is 2.71. The van der Waals surface area contributed by atoms with Gasteiger partial charge in [-0.05, 0) is 42.8 Å². The van der Waals surface area contributed by atoms with Crippen molar-refractivity contribution in [2.24, 2.45) is 12.0 Å². The van der Waals surface area contributed by atoms with E-state index in [2.05, 4.69) is 15.1 Å². The van der Waals surface area contributed by atoms with Gasteiger partial charge in [0.2, 0.25) is 6.41 Å². The van der Waals surface area contributed by atoms with E-state index in [0.29, 0.717) is 17.8 Å². The number of aromatic nitrogens is 4. The molecule has 0 saturated carbocycles. The Hall–Kier alpha value is -3.65. The van der Waals surface area contributed by atoms with Crippen LogP contribution in [0.1, 0.15) is 17.0 Å². The van der Waals surface area contributed by atoms with Crippen LogP contribution in [0.4, 0.5) is 5.69 Å². The molecule has 0 aliphatic carbocycles. The lowest BCUT2D eigenvalue weighted by molar-refractivity contribution is -0.114. The molecule has 0 aromatic carbocycles. The zero-order chi connectivity index (χ0) is 20.6. The Morgan fingerprint density at radius 2 is 2.10 bits per heavy atom. The Morgan fingerprint density at radius 1 is 1.28 bits per heavy atom. The van der Waals surface area contributed by atoms with E-state index in [1.165, 1.54) is 11.2 Å². The number of rotatable bonds is 8. The summed E-state index contributed by atoms with van der Waals surface area (Å²) in [4.78, 5) is 25.9. The molecule has 0 saturated heterocycles. The highest BCUT2D eigenvalue weighted by atomic mass is 16.3. The van der Waals surface area contributed by atoms with Crippen molar-refractivity contribution in [1.82, 2.24) is 24.6 Å². The van der Waals surface area contributed by atoms with Gasteiger partial charge in [-0.25, -0.2) is 9.98 Å². The van der Waals surface area contributed by atoms with Gasteiger partial charge in [-0.2, -0.15) is 5.10 Å². The first kappa shape index (κ1) is 20.1. The van der Waals surface area contributed by atoms with Crippen LogP contribution in [-0.4, -0.2) is 55.7 Å². The molecule has 3 heterocycles. The monoisotopic (exact) mass is 390 g/mol. The molecule has 8 heteroatoms. The van der Waals surface area contributed by atoms with Gasteiger partial charge in [-0.3, -0.25) is 14.5 Å². The number of hydrogen-bond donors (Lipinski definition) is 1. The van der Waals surface area contributed by atoms with Gasteiger partial charge in [-0.1, -0.05) is 6.07 Å². The summed E-state index contributed by atoms with van der Waals surface area (Å²) in [5, 5.41) is 13.3. The van der Waals surface area contributed by atoms with Crippen LogP contribution in [0.2, 0.25) is 0 Å². The van der Waals surface area contributed by atoms with E-state index in [1.54, 1.807) is 17.1 Å². The predicted molar refractivity (Wildman–Crippen MR) is 112 cm³/mol. The summed E-state index contributed by atoms with van der Waals surface area (Å²) in [5.41, 5.74) is 4.60. The molecule has 8 nitrogen and oxygen atoms in total. The molecular formula is C21H22N6O2. The van der Waals surface area contributed by atoms with E-state index < -0.39 is 0 Å². The van der Waals surface area contributed by atoms with Gasteiger partial charge in [-0.15, -0.1) is 0 Å². The van der Waals surface area contributed by atoms with Crippen LogP contribution in [0.15, 0.2) is 47.8 Å². The SMILES string of the molecule is Cc1cc(/C=C/c2ccccn2)nc(-c2cnn(C)c2)c1N=CN(C=O)CCO. The summed E-state index contributed by atoms with van der Waals surface area (Å²) in [6.45, 7) is 1.96. The van der Waals surface area contributed by atoms with E-state index in [1.807, 2.05) is 56.6 Å².